The van der Waals surface area contributed by atoms with E-state index in [0.29, 0.717) is 0 Å². The molecule has 5 nitrogen and oxygen atoms in total. The maximum absolute atomic E-state index is 12.5. The van der Waals surface area contributed by atoms with Gasteiger partial charge in [0.15, 0.2) is 0 Å². The lowest BCUT2D eigenvalue weighted by atomic mass is 9.85. The first-order valence-corrected chi connectivity index (χ1v) is 8.44. The quantitative estimate of drug-likeness (QED) is 0.681. The standard InChI is InChI=1S/C19H20N2O3/c1-11-2-6-14(7-3-11)20-15(22)8-9-21-18(23)16-12-4-5-13(10-12)17(16)19(21)24/h2-7,12-13,16-17H,8-10H2,1H3,(H,20,22)/t12-,13-,16-,17+/m0/s1. The van der Waals surface area contributed by atoms with E-state index in [1.807, 2.05) is 31.2 Å². The van der Waals surface area contributed by atoms with E-state index in [2.05, 4.69) is 17.5 Å². The molecule has 3 aliphatic rings. The predicted octanol–water partition coefficient (Wildman–Crippen LogP) is 2.13. The molecule has 2 aliphatic carbocycles. The molecule has 1 aliphatic heterocycles. The Morgan fingerprint density at radius 2 is 1.67 bits per heavy atom. The minimum Gasteiger partial charge on any atom is -0.326 e. The van der Waals surface area contributed by atoms with E-state index >= 15 is 0 Å². The van der Waals surface area contributed by atoms with Gasteiger partial charge in [-0.15, -0.1) is 0 Å². The van der Waals surface area contributed by atoms with Gasteiger partial charge in [-0.3, -0.25) is 19.3 Å². The molecule has 0 radical (unpaired) electrons. The summed E-state index contributed by atoms with van der Waals surface area (Å²) in [4.78, 5) is 38.5. The molecule has 4 atom stereocenters. The molecule has 2 fully saturated rings. The Balaban J connectivity index is 1.36. The van der Waals surface area contributed by atoms with Crippen LogP contribution in [0.2, 0.25) is 0 Å². The Morgan fingerprint density at radius 1 is 1.08 bits per heavy atom. The van der Waals surface area contributed by atoms with Gasteiger partial charge in [0.2, 0.25) is 17.7 Å². The molecule has 0 spiro atoms. The summed E-state index contributed by atoms with van der Waals surface area (Å²) in [7, 11) is 0. The number of hydrogen-bond donors (Lipinski definition) is 1. The Labute approximate surface area is 140 Å². The van der Waals surface area contributed by atoms with Crippen molar-refractivity contribution in [2.24, 2.45) is 23.7 Å². The van der Waals surface area contributed by atoms with Gasteiger partial charge in [-0.1, -0.05) is 29.8 Å². The number of amides is 3. The van der Waals surface area contributed by atoms with Crippen LogP contribution < -0.4 is 5.32 Å². The van der Waals surface area contributed by atoms with Crippen LogP contribution in [0.5, 0.6) is 0 Å². The molecule has 2 bridgehead atoms. The van der Waals surface area contributed by atoms with Crippen LogP contribution in [0.3, 0.4) is 0 Å². The van der Waals surface area contributed by atoms with Crippen LogP contribution in [0.25, 0.3) is 0 Å². The molecule has 1 N–H and O–H groups in total. The average molecular weight is 324 g/mol. The molecular weight excluding hydrogens is 304 g/mol. The third kappa shape index (κ3) is 2.35. The fraction of sp³-hybridized carbons (Fsp3) is 0.421. The summed E-state index contributed by atoms with van der Waals surface area (Å²) >= 11 is 0. The van der Waals surface area contributed by atoms with Crippen molar-refractivity contribution in [2.75, 3.05) is 11.9 Å². The largest absolute Gasteiger partial charge is 0.326 e. The van der Waals surface area contributed by atoms with Crippen LogP contribution >= 0.6 is 0 Å². The SMILES string of the molecule is Cc1ccc(NC(=O)CCN2C(=O)[C@@H]3[C@H](C2=O)[C@H]2C=C[C@H]3C2)cc1. The molecule has 1 aromatic rings. The molecule has 1 heterocycles. The highest BCUT2D eigenvalue weighted by Gasteiger charge is 2.58. The Kier molecular flexibility index (Phi) is 3.52. The number of allylic oxidation sites excluding steroid dienone is 2. The summed E-state index contributed by atoms with van der Waals surface area (Å²) in [6.45, 7) is 2.15. The monoisotopic (exact) mass is 324 g/mol. The van der Waals surface area contributed by atoms with Gasteiger partial charge in [-0.25, -0.2) is 0 Å². The zero-order valence-electron chi connectivity index (χ0n) is 13.6. The number of benzene rings is 1. The lowest BCUT2D eigenvalue weighted by Crippen LogP contribution is -2.35. The number of aryl methyl sites for hydroxylation is 1. The summed E-state index contributed by atoms with van der Waals surface area (Å²) in [5, 5.41) is 2.80. The lowest BCUT2D eigenvalue weighted by molar-refractivity contribution is -0.140. The number of rotatable bonds is 4. The summed E-state index contributed by atoms with van der Waals surface area (Å²) in [6, 6.07) is 7.53. The van der Waals surface area contributed by atoms with Gasteiger partial charge in [0.05, 0.1) is 11.8 Å². The fourth-order valence-corrected chi connectivity index (χ4v) is 4.26. The Hall–Kier alpha value is -2.43. The molecule has 1 saturated carbocycles. The number of carbonyl (C=O) groups is 3. The van der Waals surface area contributed by atoms with Gasteiger partial charge in [0.25, 0.3) is 0 Å². The number of fused-ring (bicyclic) bond motifs is 5. The second-order valence-electron chi connectivity index (χ2n) is 6.99. The second-order valence-corrected chi connectivity index (χ2v) is 6.99. The number of carbonyl (C=O) groups excluding carboxylic acids is 3. The van der Waals surface area contributed by atoms with E-state index < -0.39 is 0 Å². The first kappa shape index (κ1) is 15.1. The average Bonchev–Trinajstić information content (AvgIpc) is 3.23. The molecule has 4 rings (SSSR count). The Bertz CT molecular complexity index is 707. The molecule has 5 heteroatoms. The van der Waals surface area contributed by atoms with Crippen LogP contribution in [0.15, 0.2) is 36.4 Å². The van der Waals surface area contributed by atoms with E-state index in [4.69, 9.17) is 0 Å². The zero-order chi connectivity index (χ0) is 16.8. The van der Waals surface area contributed by atoms with Gasteiger partial charge in [0, 0.05) is 18.7 Å². The minimum absolute atomic E-state index is 0.0926. The molecular formula is C19H20N2O3. The van der Waals surface area contributed by atoms with E-state index in [1.54, 1.807) is 0 Å². The Morgan fingerprint density at radius 3 is 2.25 bits per heavy atom. The highest BCUT2D eigenvalue weighted by atomic mass is 16.2. The molecule has 0 unspecified atom stereocenters. The second kappa shape index (κ2) is 5.58. The van der Waals surface area contributed by atoms with Crippen LogP contribution in [0.1, 0.15) is 18.4 Å². The smallest absolute Gasteiger partial charge is 0.233 e. The van der Waals surface area contributed by atoms with Crippen molar-refractivity contribution in [3.63, 3.8) is 0 Å². The number of imide groups is 1. The van der Waals surface area contributed by atoms with Crippen molar-refractivity contribution in [1.29, 1.82) is 0 Å². The maximum atomic E-state index is 12.5. The normalized spacial score (nSPS) is 30.1. The lowest BCUT2D eigenvalue weighted by Gasteiger charge is -2.16. The third-order valence-corrected chi connectivity index (χ3v) is 5.46. The zero-order valence-corrected chi connectivity index (χ0v) is 13.6. The van der Waals surface area contributed by atoms with Crippen LogP contribution in [0.4, 0.5) is 5.69 Å². The summed E-state index contributed by atoms with van der Waals surface area (Å²) < 4.78 is 0. The number of nitrogens with one attached hydrogen (secondary N) is 1. The summed E-state index contributed by atoms with van der Waals surface area (Å²) in [5.41, 5.74) is 1.85. The van der Waals surface area contributed by atoms with E-state index in [9.17, 15) is 14.4 Å². The number of anilines is 1. The van der Waals surface area contributed by atoms with Gasteiger partial charge in [-0.2, -0.15) is 0 Å². The van der Waals surface area contributed by atoms with Gasteiger partial charge >= 0.3 is 0 Å². The van der Waals surface area contributed by atoms with Crippen molar-refractivity contribution in [3.05, 3.63) is 42.0 Å². The first-order chi connectivity index (χ1) is 11.5. The van der Waals surface area contributed by atoms with Crippen molar-refractivity contribution < 1.29 is 14.4 Å². The molecule has 1 aromatic carbocycles. The van der Waals surface area contributed by atoms with Crippen molar-refractivity contribution in [3.8, 4) is 0 Å². The molecule has 1 saturated heterocycles. The van der Waals surface area contributed by atoms with Gasteiger partial charge in [0.1, 0.15) is 0 Å². The minimum atomic E-state index is -0.187. The highest BCUT2D eigenvalue weighted by Crippen LogP contribution is 2.52. The first-order valence-electron chi connectivity index (χ1n) is 8.44. The number of likely N-dealkylation sites (tertiary alicyclic amines) is 1. The van der Waals surface area contributed by atoms with Gasteiger partial charge < -0.3 is 5.32 Å². The van der Waals surface area contributed by atoms with Crippen LogP contribution in [0, 0.1) is 30.6 Å². The third-order valence-electron chi connectivity index (χ3n) is 5.46. The van der Waals surface area contributed by atoms with Crippen molar-refractivity contribution in [1.82, 2.24) is 4.90 Å². The fourth-order valence-electron chi connectivity index (χ4n) is 4.26. The summed E-state index contributed by atoms with van der Waals surface area (Å²) in [6.07, 6.45) is 5.21. The van der Waals surface area contributed by atoms with Crippen molar-refractivity contribution >= 4 is 23.4 Å². The predicted molar refractivity (Wildman–Crippen MR) is 88.9 cm³/mol. The highest BCUT2D eigenvalue weighted by molar-refractivity contribution is 6.06. The number of nitrogens with zero attached hydrogens (tertiary/aromatic N) is 1. The van der Waals surface area contributed by atoms with Crippen LogP contribution in [-0.2, 0) is 14.4 Å². The molecule has 0 aromatic heterocycles. The van der Waals surface area contributed by atoms with Crippen molar-refractivity contribution in [2.45, 2.75) is 19.8 Å². The molecule has 24 heavy (non-hydrogen) atoms. The molecule has 124 valence electrons. The van der Waals surface area contributed by atoms with E-state index in [-0.39, 0.29) is 54.4 Å². The van der Waals surface area contributed by atoms with E-state index in [0.717, 1.165) is 17.7 Å². The maximum Gasteiger partial charge on any atom is 0.233 e. The summed E-state index contributed by atoms with van der Waals surface area (Å²) in [5.74, 6) is -0.321. The topological polar surface area (TPSA) is 66.5 Å². The van der Waals surface area contributed by atoms with Crippen LogP contribution in [-0.4, -0.2) is 29.2 Å². The van der Waals surface area contributed by atoms with Gasteiger partial charge in [-0.05, 0) is 37.3 Å². The van der Waals surface area contributed by atoms with E-state index in [1.165, 1.54) is 4.90 Å². The number of hydrogen-bond acceptors (Lipinski definition) is 3. The molecule has 3 amide bonds.